The van der Waals surface area contributed by atoms with Gasteiger partial charge in [-0.2, -0.15) is 5.26 Å². The van der Waals surface area contributed by atoms with Crippen LogP contribution in [0, 0.1) is 11.3 Å². The molecule has 1 aromatic carbocycles. The summed E-state index contributed by atoms with van der Waals surface area (Å²) >= 11 is 7.29. The Bertz CT molecular complexity index is 527. The zero-order valence-corrected chi connectivity index (χ0v) is 8.69. The van der Waals surface area contributed by atoms with Gasteiger partial charge in [0.2, 0.25) is 0 Å². The van der Waals surface area contributed by atoms with E-state index in [0.29, 0.717) is 15.5 Å². The minimum atomic E-state index is -0.117. The van der Waals surface area contributed by atoms with E-state index in [0.717, 1.165) is 10.1 Å². The van der Waals surface area contributed by atoms with Gasteiger partial charge in [-0.25, -0.2) is 0 Å². The quantitative estimate of drug-likeness (QED) is 0.808. The van der Waals surface area contributed by atoms with Gasteiger partial charge in [0, 0.05) is 4.70 Å². The second kappa shape index (κ2) is 3.58. The maximum absolute atomic E-state index is 9.04. The summed E-state index contributed by atoms with van der Waals surface area (Å²) in [7, 11) is 0. The molecule has 0 atom stereocenters. The van der Waals surface area contributed by atoms with Crippen molar-refractivity contribution in [1.82, 2.24) is 0 Å². The van der Waals surface area contributed by atoms with Gasteiger partial charge >= 0.3 is 0 Å². The molecule has 0 saturated carbocycles. The molecule has 0 saturated heterocycles. The second-order valence-corrected chi connectivity index (χ2v) is 4.58. The first kappa shape index (κ1) is 9.47. The highest BCUT2D eigenvalue weighted by Crippen LogP contribution is 2.31. The van der Waals surface area contributed by atoms with E-state index in [4.69, 9.17) is 22.0 Å². The van der Waals surface area contributed by atoms with Gasteiger partial charge < -0.3 is 5.11 Å². The highest BCUT2D eigenvalue weighted by molar-refractivity contribution is 7.22. The largest absolute Gasteiger partial charge is 0.392 e. The zero-order chi connectivity index (χ0) is 10.1. The lowest BCUT2D eigenvalue weighted by Gasteiger charge is -1.99. The molecular weight excluding hydrogens is 218 g/mol. The highest BCUT2D eigenvalue weighted by atomic mass is 35.5. The van der Waals surface area contributed by atoms with Gasteiger partial charge in [-0.1, -0.05) is 11.6 Å². The van der Waals surface area contributed by atoms with E-state index in [9.17, 15) is 0 Å². The average Bonchev–Trinajstić information content (AvgIpc) is 2.54. The third kappa shape index (κ3) is 1.48. The van der Waals surface area contributed by atoms with E-state index in [1.165, 1.54) is 11.3 Å². The molecule has 1 aromatic heterocycles. The number of fused-ring (bicyclic) bond motifs is 1. The lowest BCUT2D eigenvalue weighted by molar-refractivity contribution is 0.281. The molecule has 0 aliphatic rings. The van der Waals surface area contributed by atoms with Crippen molar-refractivity contribution in [3.05, 3.63) is 33.7 Å². The summed E-state index contributed by atoms with van der Waals surface area (Å²) in [5, 5.41) is 18.8. The van der Waals surface area contributed by atoms with E-state index < -0.39 is 0 Å². The van der Waals surface area contributed by atoms with Gasteiger partial charge in [0.25, 0.3) is 0 Å². The van der Waals surface area contributed by atoms with E-state index in [-0.39, 0.29) is 6.61 Å². The van der Waals surface area contributed by atoms with Crippen LogP contribution in [0.5, 0.6) is 0 Å². The molecular formula is C10H6ClNOS. The molecule has 1 heterocycles. The summed E-state index contributed by atoms with van der Waals surface area (Å²) in [6, 6.07) is 7.44. The molecule has 0 bridgehead atoms. The first-order chi connectivity index (χ1) is 6.74. The fraction of sp³-hybridized carbons (Fsp3) is 0.100. The monoisotopic (exact) mass is 223 g/mol. The Hall–Kier alpha value is -1.08. The first-order valence-corrected chi connectivity index (χ1v) is 5.17. The van der Waals surface area contributed by atoms with Crippen molar-refractivity contribution >= 4 is 33.0 Å². The molecule has 1 N–H and O–H groups in total. The fourth-order valence-corrected chi connectivity index (χ4v) is 2.53. The van der Waals surface area contributed by atoms with Crippen LogP contribution in [-0.2, 0) is 6.61 Å². The minimum absolute atomic E-state index is 0.117. The Balaban J connectivity index is 2.76. The van der Waals surface area contributed by atoms with Crippen LogP contribution in [0.25, 0.3) is 10.1 Å². The third-order valence-electron chi connectivity index (χ3n) is 2.00. The molecule has 2 aromatic rings. The number of aliphatic hydroxyl groups is 1. The zero-order valence-electron chi connectivity index (χ0n) is 7.12. The first-order valence-electron chi connectivity index (χ1n) is 3.97. The Kier molecular flexibility index (Phi) is 2.42. The predicted molar refractivity (Wildman–Crippen MR) is 57.5 cm³/mol. The molecule has 0 unspecified atom stereocenters. The molecule has 0 amide bonds. The number of thiophene rings is 1. The van der Waals surface area contributed by atoms with Crippen molar-refractivity contribution in [2.24, 2.45) is 0 Å². The topological polar surface area (TPSA) is 44.0 Å². The molecule has 0 aliphatic heterocycles. The number of hydrogen-bond donors (Lipinski definition) is 1. The molecule has 0 aliphatic carbocycles. The normalized spacial score (nSPS) is 10.4. The summed E-state index contributed by atoms with van der Waals surface area (Å²) in [5.74, 6) is 0. The Labute approximate surface area is 90.0 Å². The van der Waals surface area contributed by atoms with E-state index in [1.807, 2.05) is 18.2 Å². The van der Waals surface area contributed by atoms with Gasteiger partial charge in [0.1, 0.15) is 0 Å². The molecule has 4 heteroatoms. The molecule has 0 fully saturated rings. The lowest BCUT2D eigenvalue weighted by Crippen LogP contribution is -1.88. The second-order valence-electron chi connectivity index (χ2n) is 2.87. The average molecular weight is 224 g/mol. The van der Waals surface area contributed by atoms with Crippen molar-refractivity contribution in [3.8, 4) is 6.07 Å². The predicted octanol–water partition coefficient (Wildman–Crippen LogP) is 2.92. The Morgan fingerprint density at radius 3 is 2.86 bits per heavy atom. The third-order valence-corrected chi connectivity index (χ3v) is 3.23. The van der Waals surface area contributed by atoms with Crippen LogP contribution < -0.4 is 0 Å². The number of aliphatic hydroxyl groups excluding tert-OH is 1. The number of nitrogens with zero attached hydrogens (tertiary/aromatic N) is 1. The Morgan fingerprint density at radius 1 is 1.43 bits per heavy atom. The number of benzene rings is 1. The van der Waals surface area contributed by atoms with Crippen molar-refractivity contribution in [2.75, 3.05) is 0 Å². The molecule has 70 valence electrons. The molecule has 0 spiro atoms. The van der Waals surface area contributed by atoms with Gasteiger partial charge in [-0.15, -0.1) is 11.3 Å². The van der Waals surface area contributed by atoms with Crippen molar-refractivity contribution in [1.29, 1.82) is 5.26 Å². The lowest BCUT2D eigenvalue weighted by atomic mass is 10.1. The smallest absolute Gasteiger partial charge is 0.0995 e. The van der Waals surface area contributed by atoms with E-state index in [1.54, 1.807) is 6.07 Å². The Morgan fingerprint density at radius 2 is 2.21 bits per heavy atom. The van der Waals surface area contributed by atoms with Crippen LogP contribution in [0.15, 0.2) is 18.2 Å². The number of hydrogen-bond acceptors (Lipinski definition) is 3. The molecule has 0 radical (unpaired) electrons. The van der Waals surface area contributed by atoms with Crippen molar-refractivity contribution in [2.45, 2.75) is 6.61 Å². The summed E-state index contributed by atoms with van der Waals surface area (Å²) in [5.41, 5.74) is 1.16. The summed E-state index contributed by atoms with van der Waals surface area (Å²) in [4.78, 5) is 0. The fourth-order valence-electron chi connectivity index (χ4n) is 1.33. The number of nitriles is 1. The number of rotatable bonds is 1. The van der Waals surface area contributed by atoms with Gasteiger partial charge in [-0.05, 0) is 29.1 Å². The van der Waals surface area contributed by atoms with Gasteiger partial charge in [0.15, 0.2) is 0 Å². The SMILES string of the molecule is N#Cc1cc2cc(Cl)sc2cc1CO. The van der Waals surface area contributed by atoms with Crippen LogP contribution in [0.2, 0.25) is 4.34 Å². The van der Waals surface area contributed by atoms with Crippen molar-refractivity contribution in [3.63, 3.8) is 0 Å². The molecule has 14 heavy (non-hydrogen) atoms. The standard InChI is InChI=1S/C10H6ClNOS/c11-10-3-6-1-7(4-12)8(5-13)2-9(6)14-10/h1-3,13H,5H2. The molecule has 2 nitrogen and oxygen atoms in total. The van der Waals surface area contributed by atoms with E-state index in [2.05, 4.69) is 0 Å². The van der Waals surface area contributed by atoms with E-state index >= 15 is 0 Å². The van der Waals surface area contributed by atoms with Crippen LogP contribution >= 0.6 is 22.9 Å². The molecule has 2 rings (SSSR count). The van der Waals surface area contributed by atoms with Crippen molar-refractivity contribution < 1.29 is 5.11 Å². The van der Waals surface area contributed by atoms with Gasteiger partial charge in [0.05, 0.1) is 22.6 Å². The van der Waals surface area contributed by atoms with Crippen LogP contribution in [0.1, 0.15) is 11.1 Å². The number of halogens is 1. The summed E-state index contributed by atoms with van der Waals surface area (Å²) < 4.78 is 1.69. The summed E-state index contributed by atoms with van der Waals surface area (Å²) in [6.45, 7) is -0.117. The highest BCUT2D eigenvalue weighted by Gasteiger charge is 2.06. The van der Waals surface area contributed by atoms with Gasteiger partial charge in [-0.3, -0.25) is 0 Å². The summed E-state index contributed by atoms with van der Waals surface area (Å²) in [6.07, 6.45) is 0. The maximum atomic E-state index is 9.04. The van der Waals surface area contributed by atoms with Crippen LogP contribution in [0.4, 0.5) is 0 Å². The van der Waals surface area contributed by atoms with Crippen LogP contribution in [-0.4, -0.2) is 5.11 Å². The van der Waals surface area contributed by atoms with Crippen LogP contribution in [0.3, 0.4) is 0 Å². The maximum Gasteiger partial charge on any atom is 0.0995 e. The minimum Gasteiger partial charge on any atom is -0.392 e.